The van der Waals surface area contributed by atoms with Gasteiger partial charge in [-0.2, -0.15) is 11.8 Å². The van der Waals surface area contributed by atoms with E-state index in [1.165, 1.54) is 0 Å². The SMILES string of the molecule is CC(CCO)SCC=O. The van der Waals surface area contributed by atoms with Crippen molar-refractivity contribution in [3.63, 3.8) is 0 Å². The topological polar surface area (TPSA) is 37.3 Å². The molecule has 0 fully saturated rings. The first-order valence-electron chi connectivity index (χ1n) is 2.97. The number of rotatable bonds is 5. The molecule has 0 radical (unpaired) electrons. The Bertz CT molecular complexity index is 75.5. The molecule has 54 valence electrons. The second-order valence-corrected chi connectivity index (χ2v) is 3.29. The molecule has 1 unspecified atom stereocenters. The highest BCUT2D eigenvalue weighted by molar-refractivity contribution is 8.00. The Kier molecular flexibility index (Phi) is 6.09. The van der Waals surface area contributed by atoms with E-state index >= 15 is 0 Å². The minimum atomic E-state index is 0.215. The van der Waals surface area contributed by atoms with Crippen LogP contribution in [0.2, 0.25) is 0 Å². The van der Waals surface area contributed by atoms with Crippen molar-refractivity contribution >= 4 is 18.0 Å². The van der Waals surface area contributed by atoms with Gasteiger partial charge in [0.15, 0.2) is 0 Å². The minimum absolute atomic E-state index is 0.215. The first kappa shape index (κ1) is 8.98. The fourth-order valence-corrected chi connectivity index (χ4v) is 1.15. The van der Waals surface area contributed by atoms with Crippen molar-refractivity contribution in [2.24, 2.45) is 0 Å². The summed E-state index contributed by atoms with van der Waals surface area (Å²) in [6.07, 6.45) is 1.66. The summed E-state index contributed by atoms with van der Waals surface area (Å²) in [6.45, 7) is 2.22. The van der Waals surface area contributed by atoms with E-state index in [4.69, 9.17) is 5.11 Å². The normalized spacial score (nSPS) is 13.1. The molecule has 0 aromatic carbocycles. The van der Waals surface area contributed by atoms with Crippen molar-refractivity contribution in [3.05, 3.63) is 0 Å². The number of carbonyl (C=O) groups is 1. The first-order valence-corrected chi connectivity index (χ1v) is 4.02. The molecule has 0 heterocycles. The number of hydrogen-bond donors (Lipinski definition) is 1. The van der Waals surface area contributed by atoms with Gasteiger partial charge in [-0.05, 0) is 6.42 Å². The molecule has 0 bridgehead atoms. The highest BCUT2D eigenvalue weighted by Gasteiger charge is 1.98. The third-order valence-electron chi connectivity index (χ3n) is 0.984. The van der Waals surface area contributed by atoms with Crippen LogP contribution in [0.25, 0.3) is 0 Å². The van der Waals surface area contributed by atoms with Crippen molar-refractivity contribution in [1.82, 2.24) is 0 Å². The lowest BCUT2D eigenvalue weighted by atomic mass is 10.3. The Morgan fingerprint density at radius 3 is 2.89 bits per heavy atom. The lowest BCUT2D eigenvalue weighted by molar-refractivity contribution is -0.105. The molecule has 2 nitrogen and oxygen atoms in total. The number of hydrogen-bond acceptors (Lipinski definition) is 3. The summed E-state index contributed by atoms with van der Waals surface area (Å²) >= 11 is 1.57. The highest BCUT2D eigenvalue weighted by Crippen LogP contribution is 2.11. The van der Waals surface area contributed by atoms with Crippen LogP contribution in [0.5, 0.6) is 0 Å². The average Bonchev–Trinajstić information content (AvgIpc) is 1.85. The van der Waals surface area contributed by atoms with Crippen LogP contribution >= 0.6 is 11.8 Å². The van der Waals surface area contributed by atoms with Crippen LogP contribution in [0.15, 0.2) is 0 Å². The van der Waals surface area contributed by atoms with E-state index in [1.807, 2.05) is 6.92 Å². The maximum absolute atomic E-state index is 9.83. The lowest BCUT2D eigenvalue weighted by Crippen LogP contribution is -2.00. The molecular weight excluding hydrogens is 136 g/mol. The third kappa shape index (κ3) is 5.86. The first-order chi connectivity index (χ1) is 4.31. The molecule has 0 spiro atoms. The van der Waals surface area contributed by atoms with Gasteiger partial charge in [-0.15, -0.1) is 0 Å². The van der Waals surface area contributed by atoms with Crippen molar-refractivity contribution in [2.45, 2.75) is 18.6 Å². The summed E-state index contributed by atoms with van der Waals surface area (Å²) in [6, 6.07) is 0. The predicted octanol–water partition coefficient (Wildman–Crippen LogP) is 0.689. The molecule has 0 saturated carbocycles. The maximum atomic E-state index is 9.83. The number of thioether (sulfide) groups is 1. The third-order valence-corrected chi connectivity index (χ3v) is 2.12. The van der Waals surface area contributed by atoms with Gasteiger partial charge in [-0.3, -0.25) is 0 Å². The van der Waals surface area contributed by atoms with Crippen LogP contribution in [0, 0.1) is 0 Å². The van der Waals surface area contributed by atoms with Crippen LogP contribution in [0.1, 0.15) is 13.3 Å². The van der Waals surface area contributed by atoms with Crippen LogP contribution in [-0.2, 0) is 4.79 Å². The number of carbonyl (C=O) groups excluding carboxylic acids is 1. The van der Waals surface area contributed by atoms with Crippen LogP contribution in [0.4, 0.5) is 0 Å². The van der Waals surface area contributed by atoms with Gasteiger partial charge < -0.3 is 9.90 Å². The van der Waals surface area contributed by atoms with Crippen LogP contribution in [-0.4, -0.2) is 29.0 Å². The summed E-state index contributed by atoms with van der Waals surface area (Å²) in [7, 11) is 0. The maximum Gasteiger partial charge on any atom is 0.129 e. The standard InChI is InChI=1S/C6H12O2S/c1-6(2-3-7)9-5-4-8/h4,6-7H,2-3,5H2,1H3. The van der Waals surface area contributed by atoms with Crippen molar-refractivity contribution < 1.29 is 9.90 Å². The Morgan fingerprint density at radius 1 is 1.78 bits per heavy atom. The molecule has 1 N–H and O–H groups in total. The van der Waals surface area contributed by atoms with Gasteiger partial charge in [-0.25, -0.2) is 0 Å². The molecule has 9 heavy (non-hydrogen) atoms. The summed E-state index contributed by atoms with van der Waals surface area (Å²) in [5.74, 6) is 0.543. The molecule has 0 aromatic rings. The van der Waals surface area contributed by atoms with E-state index < -0.39 is 0 Å². The van der Waals surface area contributed by atoms with Crippen LogP contribution in [0.3, 0.4) is 0 Å². The largest absolute Gasteiger partial charge is 0.396 e. The average molecular weight is 148 g/mol. The second-order valence-electron chi connectivity index (χ2n) is 1.82. The molecule has 0 aliphatic heterocycles. The van der Waals surface area contributed by atoms with Gasteiger partial charge in [0.1, 0.15) is 6.29 Å². The van der Waals surface area contributed by atoms with Gasteiger partial charge in [0.05, 0.1) is 0 Å². The highest BCUT2D eigenvalue weighted by atomic mass is 32.2. The zero-order valence-corrected chi connectivity index (χ0v) is 6.36. The summed E-state index contributed by atoms with van der Waals surface area (Å²) in [5.41, 5.74) is 0. The zero-order valence-electron chi connectivity index (χ0n) is 5.54. The molecule has 1 atom stereocenters. The number of aliphatic hydroxyl groups is 1. The van der Waals surface area contributed by atoms with E-state index in [-0.39, 0.29) is 6.61 Å². The van der Waals surface area contributed by atoms with Gasteiger partial charge in [-0.1, -0.05) is 6.92 Å². The smallest absolute Gasteiger partial charge is 0.129 e. The van der Waals surface area contributed by atoms with E-state index in [2.05, 4.69) is 0 Å². The van der Waals surface area contributed by atoms with E-state index in [9.17, 15) is 4.79 Å². The van der Waals surface area contributed by atoms with E-state index in [1.54, 1.807) is 11.8 Å². The Balaban J connectivity index is 3.04. The molecule has 0 saturated heterocycles. The Hall–Kier alpha value is -0.0200. The Morgan fingerprint density at radius 2 is 2.44 bits per heavy atom. The van der Waals surface area contributed by atoms with Crippen molar-refractivity contribution in [3.8, 4) is 0 Å². The number of aldehydes is 1. The monoisotopic (exact) mass is 148 g/mol. The fourth-order valence-electron chi connectivity index (χ4n) is 0.469. The molecule has 0 aromatic heterocycles. The molecule has 3 heteroatoms. The minimum Gasteiger partial charge on any atom is -0.396 e. The van der Waals surface area contributed by atoms with E-state index in [0.29, 0.717) is 11.0 Å². The molecular formula is C6H12O2S. The number of aliphatic hydroxyl groups excluding tert-OH is 1. The lowest BCUT2D eigenvalue weighted by Gasteiger charge is -2.04. The Labute approximate surface area is 59.6 Å². The van der Waals surface area contributed by atoms with Crippen LogP contribution < -0.4 is 0 Å². The van der Waals surface area contributed by atoms with Gasteiger partial charge in [0.25, 0.3) is 0 Å². The zero-order chi connectivity index (χ0) is 7.11. The second kappa shape index (κ2) is 6.11. The van der Waals surface area contributed by atoms with Crippen molar-refractivity contribution in [2.75, 3.05) is 12.4 Å². The van der Waals surface area contributed by atoms with Gasteiger partial charge in [0, 0.05) is 17.6 Å². The molecule has 0 aliphatic carbocycles. The van der Waals surface area contributed by atoms with E-state index in [0.717, 1.165) is 12.7 Å². The summed E-state index contributed by atoms with van der Waals surface area (Å²) in [5, 5.41) is 8.84. The molecule has 0 amide bonds. The summed E-state index contributed by atoms with van der Waals surface area (Å²) < 4.78 is 0. The summed E-state index contributed by atoms with van der Waals surface area (Å²) in [4.78, 5) is 9.83. The fraction of sp³-hybridized carbons (Fsp3) is 0.833. The van der Waals surface area contributed by atoms with Gasteiger partial charge >= 0.3 is 0 Å². The predicted molar refractivity (Wildman–Crippen MR) is 39.7 cm³/mol. The quantitative estimate of drug-likeness (QED) is 0.583. The molecule has 0 rings (SSSR count). The molecule has 0 aliphatic rings. The van der Waals surface area contributed by atoms with Crippen molar-refractivity contribution in [1.29, 1.82) is 0 Å². The van der Waals surface area contributed by atoms with Gasteiger partial charge in [0.2, 0.25) is 0 Å².